The Hall–Kier alpha value is -2.45. The quantitative estimate of drug-likeness (QED) is 0.374. The lowest BCUT2D eigenvalue weighted by molar-refractivity contribution is -0.121. The summed E-state index contributed by atoms with van der Waals surface area (Å²) in [6, 6.07) is 7.73. The van der Waals surface area contributed by atoms with Crippen molar-refractivity contribution in [2.24, 2.45) is 0 Å². The summed E-state index contributed by atoms with van der Waals surface area (Å²) >= 11 is 0. The average Bonchev–Trinajstić information content (AvgIpc) is 2.80. The van der Waals surface area contributed by atoms with Crippen molar-refractivity contribution in [3.8, 4) is 11.5 Å². The molecule has 2 aromatic rings. The van der Waals surface area contributed by atoms with E-state index in [4.69, 9.17) is 19.7 Å². The third kappa shape index (κ3) is 6.79. The van der Waals surface area contributed by atoms with Gasteiger partial charge in [0.05, 0.1) is 13.2 Å². The summed E-state index contributed by atoms with van der Waals surface area (Å²) in [5, 5.41) is 37.1. The highest BCUT2D eigenvalue weighted by Gasteiger charge is 2.25. The fourth-order valence-electron chi connectivity index (χ4n) is 4.09. The Morgan fingerprint density at radius 3 is 1.26 bits per heavy atom. The van der Waals surface area contributed by atoms with Crippen LogP contribution in [0.15, 0.2) is 24.3 Å². The standard InChI is InChI=1S/C27H38O7/c1-15-7-21(8-16(2)26(15)33-13-23(30)11-28)19(5)25(32)20(6)22-9-17(3)27(18(4)10-22)34-14-24(31)12-29/h7-10,19-20,23-24,28-31H,11-14H2,1-6H3. The number of hydrogen-bond donors (Lipinski definition) is 4. The van der Waals surface area contributed by atoms with Crippen LogP contribution in [0.4, 0.5) is 0 Å². The van der Waals surface area contributed by atoms with E-state index < -0.39 is 12.2 Å². The van der Waals surface area contributed by atoms with Gasteiger partial charge in [-0.25, -0.2) is 0 Å². The number of Topliss-reactive ketones (excluding diaryl/α,β-unsaturated/α-hetero) is 1. The lowest BCUT2D eigenvalue weighted by Gasteiger charge is -2.22. The maximum absolute atomic E-state index is 13.4. The molecule has 0 aromatic heterocycles. The average molecular weight is 475 g/mol. The van der Waals surface area contributed by atoms with Crippen LogP contribution in [0.5, 0.6) is 11.5 Å². The first-order valence-electron chi connectivity index (χ1n) is 11.6. The van der Waals surface area contributed by atoms with Crippen LogP contribution in [-0.4, -0.2) is 64.8 Å². The van der Waals surface area contributed by atoms with Gasteiger partial charge < -0.3 is 29.9 Å². The Balaban J connectivity index is 2.20. The van der Waals surface area contributed by atoms with Gasteiger partial charge in [0.2, 0.25) is 0 Å². The molecule has 0 saturated heterocycles. The summed E-state index contributed by atoms with van der Waals surface area (Å²) < 4.78 is 11.4. The van der Waals surface area contributed by atoms with Gasteiger partial charge in [0.1, 0.15) is 42.7 Å². The predicted octanol–water partition coefficient (Wildman–Crippen LogP) is 2.86. The third-order valence-corrected chi connectivity index (χ3v) is 6.08. The van der Waals surface area contributed by atoms with Crippen molar-refractivity contribution in [3.63, 3.8) is 0 Å². The molecule has 0 spiro atoms. The van der Waals surface area contributed by atoms with Crippen LogP contribution < -0.4 is 9.47 Å². The van der Waals surface area contributed by atoms with Crippen LogP contribution in [0.1, 0.15) is 59.1 Å². The number of aryl methyl sites for hydroxylation is 4. The normalized spacial score (nSPS) is 14.9. The molecule has 7 nitrogen and oxygen atoms in total. The molecule has 0 aliphatic carbocycles. The highest BCUT2D eigenvalue weighted by molar-refractivity contribution is 5.91. The second kappa shape index (κ2) is 12.3. The molecule has 188 valence electrons. The van der Waals surface area contributed by atoms with Crippen molar-refractivity contribution >= 4 is 5.78 Å². The molecule has 0 amide bonds. The highest BCUT2D eigenvalue weighted by Crippen LogP contribution is 2.34. The topological polar surface area (TPSA) is 116 Å². The summed E-state index contributed by atoms with van der Waals surface area (Å²) in [6.45, 7) is 10.7. The Morgan fingerprint density at radius 2 is 1.00 bits per heavy atom. The molecule has 0 fully saturated rings. The Morgan fingerprint density at radius 1 is 0.706 bits per heavy atom. The van der Waals surface area contributed by atoms with Gasteiger partial charge in [-0.15, -0.1) is 0 Å². The Bertz CT molecular complexity index is 861. The van der Waals surface area contributed by atoms with Crippen LogP contribution in [0.2, 0.25) is 0 Å². The number of aliphatic hydroxyl groups is 4. The number of ether oxygens (including phenoxy) is 2. The second-order valence-electron chi connectivity index (χ2n) is 9.11. The minimum atomic E-state index is -0.941. The van der Waals surface area contributed by atoms with E-state index in [0.29, 0.717) is 11.5 Å². The van der Waals surface area contributed by atoms with Crippen molar-refractivity contribution in [1.82, 2.24) is 0 Å². The maximum Gasteiger partial charge on any atom is 0.147 e. The van der Waals surface area contributed by atoms with E-state index in [-0.39, 0.29) is 44.0 Å². The largest absolute Gasteiger partial charge is 0.490 e. The van der Waals surface area contributed by atoms with E-state index in [1.807, 2.05) is 65.8 Å². The maximum atomic E-state index is 13.4. The minimum absolute atomic E-state index is 0.000414. The van der Waals surface area contributed by atoms with Gasteiger partial charge in [-0.3, -0.25) is 4.79 Å². The number of aliphatic hydroxyl groups excluding tert-OH is 4. The first-order chi connectivity index (χ1) is 16.0. The number of hydrogen-bond acceptors (Lipinski definition) is 7. The molecule has 0 bridgehead atoms. The van der Waals surface area contributed by atoms with Gasteiger partial charge in [0.25, 0.3) is 0 Å². The number of carbonyl (C=O) groups excluding carboxylic acids is 1. The molecular formula is C27H38O7. The van der Waals surface area contributed by atoms with E-state index in [0.717, 1.165) is 33.4 Å². The molecule has 0 radical (unpaired) electrons. The second-order valence-corrected chi connectivity index (χ2v) is 9.11. The van der Waals surface area contributed by atoms with Crippen molar-refractivity contribution < 1.29 is 34.7 Å². The van der Waals surface area contributed by atoms with Gasteiger partial charge in [-0.1, -0.05) is 38.1 Å². The monoisotopic (exact) mass is 474 g/mol. The molecule has 0 aliphatic heterocycles. The van der Waals surface area contributed by atoms with Gasteiger partial charge in [0.15, 0.2) is 0 Å². The minimum Gasteiger partial charge on any atom is -0.490 e. The lowest BCUT2D eigenvalue weighted by atomic mass is 9.84. The summed E-state index contributed by atoms with van der Waals surface area (Å²) in [5.74, 6) is 0.724. The zero-order chi connectivity index (χ0) is 25.6. The third-order valence-electron chi connectivity index (χ3n) is 6.08. The molecule has 4 N–H and O–H groups in total. The smallest absolute Gasteiger partial charge is 0.147 e. The van der Waals surface area contributed by atoms with Crippen molar-refractivity contribution in [1.29, 1.82) is 0 Å². The molecule has 2 rings (SSSR count). The number of carbonyl (C=O) groups is 1. The number of ketones is 1. The molecule has 34 heavy (non-hydrogen) atoms. The van der Waals surface area contributed by atoms with Crippen LogP contribution in [0.3, 0.4) is 0 Å². The predicted molar refractivity (Wildman–Crippen MR) is 131 cm³/mol. The Labute approximate surface area is 202 Å². The van der Waals surface area contributed by atoms with E-state index in [9.17, 15) is 15.0 Å². The lowest BCUT2D eigenvalue weighted by Crippen LogP contribution is -2.22. The van der Waals surface area contributed by atoms with E-state index >= 15 is 0 Å². The van der Waals surface area contributed by atoms with E-state index in [1.165, 1.54) is 0 Å². The summed E-state index contributed by atoms with van der Waals surface area (Å²) in [4.78, 5) is 13.4. The van der Waals surface area contributed by atoms with Crippen LogP contribution in [0, 0.1) is 27.7 Å². The SMILES string of the molecule is Cc1cc(C(C)C(=O)C(C)c2cc(C)c(OCC(O)CO)c(C)c2)cc(C)c1OCC(O)CO. The van der Waals surface area contributed by atoms with Crippen LogP contribution >= 0.6 is 0 Å². The van der Waals surface area contributed by atoms with Crippen LogP contribution in [0.25, 0.3) is 0 Å². The number of benzene rings is 2. The van der Waals surface area contributed by atoms with Gasteiger partial charge in [0, 0.05) is 11.8 Å². The fourth-order valence-corrected chi connectivity index (χ4v) is 4.09. The Kier molecular flexibility index (Phi) is 10.1. The first-order valence-corrected chi connectivity index (χ1v) is 11.6. The number of rotatable bonds is 12. The summed E-state index contributed by atoms with van der Waals surface area (Å²) in [7, 11) is 0. The first kappa shape index (κ1) is 27.8. The van der Waals surface area contributed by atoms with Crippen molar-refractivity contribution in [2.75, 3.05) is 26.4 Å². The molecule has 7 heteroatoms. The van der Waals surface area contributed by atoms with Crippen molar-refractivity contribution in [3.05, 3.63) is 57.6 Å². The molecule has 0 saturated carbocycles. The van der Waals surface area contributed by atoms with Crippen molar-refractivity contribution in [2.45, 2.75) is 65.6 Å². The zero-order valence-electron chi connectivity index (χ0n) is 21.0. The molecule has 2 aromatic carbocycles. The van der Waals surface area contributed by atoms with Gasteiger partial charge in [-0.05, 0) is 61.1 Å². The highest BCUT2D eigenvalue weighted by atomic mass is 16.5. The molecule has 0 heterocycles. The van der Waals surface area contributed by atoms with Gasteiger partial charge >= 0.3 is 0 Å². The van der Waals surface area contributed by atoms with Gasteiger partial charge in [-0.2, -0.15) is 0 Å². The van der Waals surface area contributed by atoms with Crippen LogP contribution in [-0.2, 0) is 4.79 Å². The molecule has 0 aliphatic rings. The summed E-state index contributed by atoms with van der Waals surface area (Å²) in [6.07, 6.45) is -1.88. The molecule has 4 unspecified atom stereocenters. The zero-order valence-corrected chi connectivity index (χ0v) is 21.0. The summed E-state index contributed by atoms with van der Waals surface area (Å²) in [5.41, 5.74) is 5.26. The molecular weight excluding hydrogens is 436 g/mol. The fraction of sp³-hybridized carbons (Fsp3) is 0.519. The van der Waals surface area contributed by atoms with E-state index in [1.54, 1.807) is 0 Å². The van der Waals surface area contributed by atoms with E-state index in [2.05, 4.69) is 0 Å². The molecule has 4 atom stereocenters.